The highest BCUT2D eigenvalue weighted by Gasteiger charge is 2.22. The lowest BCUT2D eigenvalue weighted by Gasteiger charge is -2.24. The van der Waals surface area contributed by atoms with E-state index in [-0.39, 0.29) is 12.0 Å². The van der Waals surface area contributed by atoms with Crippen LogP contribution >= 0.6 is 11.3 Å². The van der Waals surface area contributed by atoms with Crippen molar-refractivity contribution in [2.24, 2.45) is 0 Å². The van der Waals surface area contributed by atoms with Crippen molar-refractivity contribution in [3.05, 3.63) is 48.0 Å². The summed E-state index contributed by atoms with van der Waals surface area (Å²) in [7, 11) is 0. The van der Waals surface area contributed by atoms with Crippen molar-refractivity contribution in [3.8, 4) is 11.5 Å². The first-order valence-electron chi connectivity index (χ1n) is 11.3. The maximum Gasteiger partial charge on any atom is 0.260 e. The smallest absolute Gasteiger partial charge is 0.260 e. The number of amides is 1. The molecule has 3 rings (SSSR count). The number of ether oxygens (including phenoxy) is 2. The van der Waals surface area contributed by atoms with Crippen LogP contribution in [0, 0.1) is 0 Å². The number of thiazole rings is 1. The van der Waals surface area contributed by atoms with Gasteiger partial charge in [0.05, 0.1) is 22.9 Å². The summed E-state index contributed by atoms with van der Waals surface area (Å²) in [5.41, 5.74) is 1.49. The third-order valence-corrected chi connectivity index (χ3v) is 6.18. The van der Waals surface area contributed by atoms with Crippen molar-refractivity contribution in [1.82, 2.24) is 9.88 Å². The number of aromatic nitrogens is 1. The second kappa shape index (κ2) is 11.3. The molecule has 0 fully saturated rings. The minimum Gasteiger partial charge on any atom is -0.494 e. The van der Waals surface area contributed by atoms with Gasteiger partial charge < -0.3 is 14.4 Å². The monoisotopic (exact) mass is 455 g/mol. The maximum absolute atomic E-state index is 13.5. The van der Waals surface area contributed by atoms with Gasteiger partial charge in [0.2, 0.25) is 0 Å². The van der Waals surface area contributed by atoms with Gasteiger partial charge in [-0.3, -0.25) is 9.69 Å². The molecule has 0 unspecified atom stereocenters. The molecule has 0 aliphatic rings. The number of anilines is 1. The summed E-state index contributed by atoms with van der Waals surface area (Å²) in [6.07, 6.45) is 0.0893. The summed E-state index contributed by atoms with van der Waals surface area (Å²) in [4.78, 5) is 22.4. The van der Waals surface area contributed by atoms with Crippen molar-refractivity contribution in [2.45, 2.75) is 40.7 Å². The van der Waals surface area contributed by atoms with Crippen LogP contribution in [0.4, 0.5) is 5.13 Å². The van der Waals surface area contributed by atoms with Crippen LogP contribution in [0.15, 0.2) is 42.5 Å². The predicted molar refractivity (Wildman–Crippen MR) is 132 cm³/mol. The molecule has 0 aliphatic carbocycles. The number of rotatable bonds is 11. The Morgan fingerprint density at radius 2 is 1.69 bits per heavy atom. The van der Waals surface area contributed by atoms with E-state index in [2.05, 4.69) is 18.7 Å². The average Bonchev–Trinajstić information content (AvgIpc) is 3.20. The highest BCUT2D eigenvalue weighted by Crippen LogP contribution is 2.32. The number of benzene rings is 2. The second-order valence-electron chi connectivity index (χ2n) is 7.73. The minimum atomic E-state index is -0.0580. The van der Waals surface area contributed by atoms with Crippen LogP contribution in [0.3, 0.4) is 0 Å². The fourth-order valence-corrected chi connectivity index (χ4v) is 4.45. The Bertz CT molecular complexity index is 1010. The van der Waals surface area contributed by atoms with Crippen LogP contribution in [0.1, 0.15) is 45.0 Å². The Hall–Kier alpha value is -2.64. The molecule has 172 valence electrons. The molecule has 7 heteroatoms. The molecule has 3 aromatic rings. The highest BCUT2D eigenvalue weighted by molar-refractivity contribution is 7.22. The lowest BCUT2D eigenvalue weighted by atomic mass is 10.2. The van der Waals surface area contributed by atoms with Crippen LogP contribution in [0.2, 0.25) is 0 Å². The SMILES string of the molecule is CCOc1ccc2nc(N(CCN(CC)CC)C(=O)c3ccc(OC(C)C)cc3)sc2c1. The fourth-order valence-electron chi connectivity index (χ4n) is 3.43. The largest absolute Gasteiger partial charge is 0.494 e. The van der Waals surface area contributed by atoms with E-state index in [1.54, 1.807) is 4.90 Å². The molecule has 0 saturated heterocycles. The van der Waals surface area contributed by atoms with Gasteiger partial charge in [0, 0.05) is 18.7 Å². The van der Waals surface area contributed by atoms with E-state index >= 15 is 0 Å². The minimum absolute atomic E-state index is 0.0580. The zero-order valence-corrected chi connectivity index (χ0v) is 20.4. The molecule has 0 radical (unpaired) electrons. The maximum atomic E-state index is 13.5. The van der Waals surface area contributed by atoms with Gasteiger partial charge in [-0.05, 0) is 76.3 Å². The van der Waals surface area contributed by atoms with Crippen molar-refractivity contribution < 1.29 is 14.3 Å². The Morgan fingerprint density at radius 1 is 1.00 bits per heavy atom. The van der Waals surface area contributed by atoms with E-state index in [0.29, 0.717) is 23.8 Å². The highest BCUT2D eigenvalue weighted by atomic mass is 32.1. The van der Waals surface area contributed by atoms with E-state index in [1.807, 2.05) is 63.2 Å². The van der Waals surface area contributed by atoms with Crippen molar-refractivity contribution in [3.63, 3.8) is 0 Å². The third kappa shape index (κ3) is 5.99. The molecule has 32 heavy (non-hydrogen) atoms. The first-order chi connectivity index (χ1) is 15.4. The molecule has 1 amide bonds. The van der Waals surface area contributed by atoms with Crippen molar-refractivity contribution >= 4 is 32.6 Å². The molecular formula is C25H33N3O3S. The Balaban J connectivity index is 1.90. The van der Waals surface area contributed by atoms with Gasteiger partial charge in [-0.25, -0.2) is 4.98 Å². The number of carbonyl (C=O) groups is 1. The van der Waals surface area contributed by atoms with Gasteiger partial charge in [-0.1, -0.05) is 25.2 Å². The van der Waals surface area contributed by atoms with Crippen LogP contribution in [0.25, 0.3) is 10.2 Å². The van der Waals surface area contributed by atoms with Gasteiger partial charge >= 0.3 is 0 Å². The lowest BCUT2D eigenvalue weighted by Crippen LogP contribution is -2.38. The molecule has 0 spiro atoms. The Labute approximate surface area is 194 Å². The third-order valence-electron chi connectivity index (χ3n) is 5.14. The van der Waals surface area contributed by atoms with E-state index in [4.69, 9.17) is 14.5 Å². The summed E-state index contributed by atoms with van der Waals surface area (Å²) < 4.78 is 12.4. The van der Waals surface area contributed by atoms with Crippen LogP contribution < -0.4 is 14.4 Å². The van der Waals surface area contributed by atoms with Gasteiger partial charge in [0.1, 0.15) is 11.5 Å². The number of hydrogen-bond acceptors (Lipinski definition) is 6. The topological polar surface area (TPSA) is 54.9 Å². The molecule has 1 aromatic heterocycles. The first-order valence-corrected chi connectivity index (χ1v) is 12.1. The predicted octanol–water partition coefficient (Wildman–Crippen LogP) is 5.47. The normalized spacial score (nSPS) is 11.3. The fraction of sp³-hybridized carbons (Fsp3) is 0.440. The van der Waals surface area contributed by atoms with Crippen LogP contribution in [0.5, 0.6) is 11.5 Å². The molecular weight excluding hydrogens is 422 g/mol. The Kier molecular flexibility index (Phi) is 8.47. The molecule has 0 saturated carbocycles. The zero-order valence-electron chi connectivity index (χ0n) is 19.6. The summed E-state index contributed by atoms with van der Waals surface area (Å²) in [6.45, 7) is 14.1. The van der Waals surface area contributed by atoms with Gasteiger partial charge in [0.25, 0.3) is 5.91 Å². The molecule has 0 N–H and O–H groups in total. The Morgan fingerprint density at radius 3 is 2.31 bits per heavy atom. The van der Waals surface area contributed by atoms with Gasteiger partial charge in [-0.2, -0.15) is 0 Å². The molecule has 0 bridgehead atoms. The summed E-state index contributed by atoms with van der Waals surface area (Å²) in [5, 5.41) is 0.702. The van der Waals surface area contributed by atoms with Crippen LogP contribution in [-0.4, -0.2) is 54.7 Å². The van der Waals surface area contributed by atoms with E-state index in [0.717, 1.165) is 41.3 Å². The molecule has 6 nitrogen and oxygen atoms in total. The standard InChI is InChI=1S/C25H33N3O3S/c1-6-27(7-2)15-16-28(24(29)19-9-11-20(12-10-19)31-18(4)5)25-26-22-14-13-21(30-8-3)17-23(22)32-25/h9-14,17-18H,6-8,15-16H2,1-5H3. The number of fused-ring (bicyclic) bond motifs is 1. The zero-order chi connectivity index (χ0) is 23.1. The lowest BCUT2D eigenvalue weighted by molar-refractivity contribution is 0.0983. The number of nitrogens with zero attached hydrogens (tertiary/aromatic N) is 3. The van der Waals surface area contributed by atoms with Crippen molar-refractivity contribution in [1.29, 1.82) is 0 Å². The van der Waals surface area contributed by atoms with Gasteiger partial charge in [0.15, 0.2) is 5.13 Å². The van der Waals surface area contributed by atoms with Crippen molar-refractivity contribution in [2.75, 3.05) is 37.7 Å². The molecule has 0 aliphatic heterocycles. The van der Waals surface area contributed by atoms with E-state index in [1.165, 1.54) is 11.3 Å². The summed E-state index contributed by atoms with van der Waals surface area (Å²) in [5.74, 6) is 1.52. The number of carbonyl (C=O) groups excluding carboxylic acids is 1. The summed E-state index contributed by atoms with van der Waals surface area (Å²) in [6, 6.07) is 13.2. The number of likely N-dealkylation sites (N-methyl/N-ethyl adjacent to an activating group) is 1. The first kappa shape index (κ1) is 24.0. The van der Waals surface area contributed by atoms with E-state index in [9.17, 15) is 4.79 Å². The molecule has 2 aromatic carbocycles. The van der Waals surface area contributed by atoms with E-state index < -0.39 is 0 Å². The number of hydrogen-bond donors (Lipinski definition) is 0. The quantitative estimate of drug-likeness (QED) is 0.384. The van der Waals surface area contributed by atoms with Crippen LogP contribution in [-0.2, 0) is 0 Å². The average molecular weight is 456 g/mol. The van der Waals surface area contributed by atoms with Gasteiger partial charge in [-0.15, -0.1) is 0 Å². The second-order valence-corrected chi connectivity index (χ2v) is 8.74. The summed E-state index contributed by atoms with van der Waals surface area (Å²) >= 11 is 1.52. The molecule has 0 atom stereocenters. The molecule has 1 heterocycles.